The summed E-state index contributed by atoms with van der Waals surface area (Å²) in [5.74, 6) is 2.79. The van der Waals surface area contributed by atoms with Crippen molar-refractivity contribution in [3.8, 4) is 5.88 Å². The van der Waals surface area contributed by atoms with Gasteiger partial charge in [-0.15, -0.1) is 0 Å². The van der Waals surface area contributed by atoms with Gasteiger partial charge < -0.3 is 10.1 Å². The van der Waals surface area contributed by atoms with Crippen LogP contribution >= 0.6 is 0 Å². The van der Waals surface area contributed by atoms with Crippen LogP contribution in [0.2, 0.25) is 0 Å². The van der Waals surface area contributed by atoms with Crippen LogP contribution in [0.1, 0.15) is 33.4 Å². The molecule has 0 unspecified atom stereocenters. The second kappa shape index (κ2) is 7.37. The molecule has 1 rings (SSSR count). The third-order valence-electron chi connectivity index (χ3n) is 3.39. The van der Waals surface area contributed by atoms with Crippen LogP contribution in [-0.4, -0.2) is 18.6 Å². The van der Waals surface area contributed by atoms with E-state index in [1.54, 1.807) is 7.11 Å². The normalized spacial score (nSPS) is 11.6. The van der Waals surface area contributed by atoms with Gasteiger partial charge >= 0.3 is 0 Å². The molecule has 0 aliphatic heterocycles. The first-order chi connectivity index (χ1) is 8.54. The molecule has 0 bridgehead atoms. The third-order valence-corrected chi connectivity index (χ3v) is 3.39. The van der Waals surface area contributed by atoms with Crippen LogP contribution in [-0.2, 0) is 6.54 Å². The molecule has 0 atom stereocenters. The van der Waals surface area contributed by atoms with Gasteiger partial charge in [0.15, 0.2) is 0 Å². The van der Waals surface area contributed by atoms with Gasteiger partial charge in [-0.05, 0) is 30.4 Å². The molecular formula is C15H26N2O. The molecule has 0 spiro atoms. The highest BCUT2D eigenvalue weighted by atomic mass is 16.5. The Balaban J connectivity index is 2.44. The fraction of sp³-hybridized carbons (Fsp3) is 0.667. The fourth-order valence-electron chi connectivity index (χ4n) is 2.28. The number of pyridine rings is 1. The number of hydrogen-bond donors (Lipinski definition) is 1. The highest BCUT2D eigenvalue weighted by Crippen LogP contribution is 2.19. The minimum atomic E-state index is 0.679. The van der Waals surface area contributed by atoms with E-state index in [4.69, 9.17) is 4.74 Å². The quantitative estimate of drug-likeness (QED) is 0.807. The van der Waals surface area contributed by atoms with E-state index >= 15 is 0 Å². The van der Waals surface area contributed by atoms with Gasteiger partial charge in [-0.1, -0.05) is 33.8 Å². The minimum absolute atomic E-state index is 0.679. The summed E-state index contributed by atoms with van der Waals surface area (Å²) in [5.41, 5.74) is 1.03. The van der Waals surface area contributed by atoms with Crippen LogP contribution < -0.4 is 10.1 Å². The largest absolute Gasteiger partial charge is 0.481 e. The maximum absolute atomic E-state index is 5.12. The van der Waals surface area contributed by atoms with Crippen molar-refractivity contribution in [2.45, 2.75) is 34.2 Å². The second-order valence-corrected chi connectivity index (χ2v) is 5.45. The molecule has 1 aromatic heterocycles. The number of ether oxygens (including phenoxy) is 1. The summed E-state index contributed by atoms with van der Waals surface area (Å²) in [6.07, 6.45) is 0. The van der Waals surface area contributed by atoms with Gasteiger partial charge in [0, 0.05) is 12.6 Å². The van der Waals surface area contributed by atoms with Crippen LogP contribution in [0.3, 0.4) is 0 Å². The number of aromatic nitrogens is 1. The predicted octanol–water partition coefficient (Wildman–Crippen LogP) is 3.11. The van der Waals surface area contributed by atoms with Crippen molar-refractivity contribution in [2.75, 3.05) is 13.7 Å². The highest BCUT2D eigenvalue weighted by molar-refractivity contribution is 5.15. The zero-order chi connectivity index (χ0) is 13.5. The number of hydrogen-bond acceptors (Lipinski definition) is 3. The van der Waals surface area contributed by atoms with E-state index < -0.39 is 0 Å². The molecule has 0 aliphatic rings. The summed E-state index contributed by atoms with van der Waals surface area (Å²) in [5, 5.41) is 3.50. The molecule has 18 heavy (non-hydrogen) atoms. The molecule has 0 saturated heterocycles. The summed E-state index contributed by atoms with van der Waals surface area (Å²) in [6, 6.07) is 5.87. The van der Waals surface area contributed by atoms with E-state index in [1.165, 1.54) is 0 Å². The van der Waals surface area contributed by atoms with E-state index in [1.807, 2.05) is 18.2 Å². The molecule has 1 aromatic rings. The topological polar surface area (TPSA) is 34.1 Å². The maximum Gasteiger partial charge on any atom is 0.213 e. The Hall–Kier alpha value is -1.09. The van der Waals surface area contributed by atoms with Gasteiger partial charge in [0.2, 0.25) is 5.88 Å². The van der Waals surface area contributed by atoms with Crippen molar-refractivity contribution in [1.29, 1.82) is 0 Å². The molecule has 0 aliphatic carbocycles. The third kappa shape index (κ3) is 4.65. The van der Waals surface area contributed by atoms with Crippen molar-refractivity contribution in [3.63, 3.8) is 0 Å². The van der Waals surface area contributed by atoms with E-state index in [0.29, 0.717) is 23.6 Å². The van der Waals surface area contributed by atoms with Crippen LogP contribution in [0.15, 0.2) is 18.2 Å². The van der Waals surface area contributed by atoms with E-state index in [0.717, 1.165) is 18.8 Å². The minimum Gasteiger partial charge on any atom is -0.481 e. The van der Waals surface area contributed by atoms with Gasteiger partial charge in [0.25, 0.3) is 0 Å². The average Bonchev–Trinajstić information content (AvgIpc) is 2.34. The van der Waals surface area contributed by atoms with Gasteiger partial charge in [0.1, 0.15) is 0 Å². The van der Waals surface area contributed by atoms with Crippen molar-refractivity contribution in [3.05, 3.63) is 23.9 Å². The summed E-state index contributed by atoms with van der Waals surface area (Å²) < 4.78 is 5.12. The zero-order valence-corrected chi connectivity index (χ0v) is 12.2. The lowest BCUT2D eigenvalue weighted by molar-refractivity contribution is 0.275. The van der Waals surface area contributed by atoms with Crippen LogP contribution in [0.5, 0.6) is 5.88 Å². The zero-order valence-electron chi connectivity index (χ0n) is 12.2. The SMILES string of the molecule is COc1cccc(CNCC(C(C)C)C(C)C)n1. The second-order valence-electron chi connectivity index (χ2n) is 5.45. The van der Waals surface area contributed by atoms with Gasteiger partial charge in [0.05, 0.1) is 12.8 Å². The first kappa shape index (κ1) is 15.0. The Morgan fingerprint density at radius 2 is 1.83 bits per heavy atom. The Kier molecular flexibility index (Phi) is 6.13. The number of methoxy groups -OCH3 is 1. The molecule has 0 radical (unpaired) electrons. The van der Waals surface area contributed by atoms with Gasteiger partial charge in [-0.3, -0.25) is 0 Å². The van der Waals surface area contributed by atoms with Crippen molar-refractivity contribution >= 4 is 0 Å². The molecular weight excluding hydrogens is 224 g/mol. The lowest BCUT2D eigenvalue weighted by atomic mass is 9.85. The number of nitrogens with zero attached hydrogens (tertiary/aromatic N) is 1. The summed E-state index contributed by atoms with van der Waals surface area (Å²) >= 11 is 0. The monoisotopic (exact) mass is 250 g/mol. The Labute approximate surface area is 111 Å². The summed E-state index contributed by atoms with van der Waals surface area (Å²) in [7, 11) is 1.65. The van der Waals surface area contributed by atoms with Crippen molar-refractivity contribution in [2.24, 2.45) is 17.8 Å². The number of rotatable bonds is 7. The lowest BCUT2D eigenvalue weighted by Gasteiger charge is -2.25. The van der Waals surface area contributed by atoms with Crippen molar-refractivity contribution in [1.82, 2.24) is 10.3 Å². The molecule has 3 heteroatoms. The first-order valence-corrected chi connectivity index (χ1v) is 6.75. The van der Waals surface area contributed by atoms with Gasteiger partial charge in [-0.2, -0.15) is 0 Å². The lowest BCUT2D eigenvalue weighted by Crippen LogP contribution is -2.29. The highest BCUT2D eigenvalue weighted by Gasteiger charge is 2.16. The average molecular weight is 250 g/mol. The van der Waals surface area contributed by atoms with Crippen LogP contribution in [0, 0.1) is 17.8 Å². The predicted molar refractivity (Wildman–Crippen MR) is 75.7 cm³/mol. The van der Waals surface area contributed by atoms with Crippen LogP contribution in [0.25, 0.3) is 0 Å². The standard InChI is InChI=1S/C15H26N2O/c1-11(2)14(12(3)4)10-16-9-13-7-6-8-15(17-13)18-5/h6-8,11-12,14,16H,9-10H2,1-5H3. The molecule has 1 N–H and O–H groups in total. The molecule has 3 nitrogen and oxygen atoms in total. The van der Waals surface area contributed by atoms with E-state index in [-0.39, 0.29) is 0 Å². The molecule has 102 valence electrons. The molecule has 0 saturated carbocycles. The maximum atomic E-state index is 5.12. The van der Waals surface area contributed by atoms with Crippen LogP contribution in [0.4, 0.5) is 0 Å². The Morgan fingerprint density at radius 3 is 2.39 bits per heavy atom. The Morgan fingerprint density at radius 1 is 1.17 bits per heavy atom. The summed E-state index contributed by atoms with van der Waals surface area (Å²) in [6.45, 7) is 11.0. The van der Waals surface area contributed by atoms with Gasteiger partial charge in [-0.25, -0.2) is 4.98 Å². The fourth-order valence-corrected chi connectivity index (χ4v) is 2.28. The smallest absolute Gasteiger partial charge is 0.213 e. The number of nitrogens with one attached hydrogen (secondary N) is 1. The molecule has 1 heterocycles. The molecule has 0 fully saturated rings. The van der Waals surface area contributed by atoms with E-state index in [2.05, 4.69) is 38.0 Å². The van der Waals surface area contributed by atoms with E-state index in [9.17, 15) is 0 Å². The Bertz CT molecular complexity index is 342. The molecule has 0 amide bonds. The first-order valence-electron chi connectivity index (χ1n) is 6.75. The summed E-state index contributed by atoms with van der Waals surface area (Å²) in [4.78, 5) is 4.39. The van der Waals surface area contributed by atoms with Crippen molar-refractivity contribution < 1.29 is 4.74 Å². The molecule has 0 aromatic carbocycles.